The van der Waals surface area contributed by atoms with Crippen LogP contribution >= 0.6 is 11.3 Å². The lowest BCUT2D eigenvalue weighted by Crippen LogP contribution is -2.29. The van der Waals surface area contributed by atoms with Gasteiger partial charge in [-0.25, -0.2) is 0 Å². The van der Waals surface area contributed by atoms with Crippen molar-refractivity contribution in [3.8, 4) is 5.75 Å². The van der Waals surface area contributed by atoms with Crippen molar-refractivity contribution in [2.24, 2.45) is 0 Å². The van der Waals surface area contributed by atoms with Gasteiger partial charge in [-0.15, -0.1) is 11.3 Å². The van der Waals surface area contributed by atoms with E-state index in [1.807, 2.05) is 18.4 Å². The highest BCUT2D eigenvalue weighted by Crippen LogP contribution is 2.38. The Hall–Kier alpha value is -1.36. The summed E-state index contributed by atoms with van der Waals surface area (Å²) in [5.41, 5.74) is 2.88. The fourth-order valence-corrected chi connectivity index (χ4v) is 4.34. The van der Waals surface area contributed by atoms with Gasteiger partial charge in [0.05, 0.1) is 7.11 Å². The second-order valence-electron chi connectivity index (χ2n) is 5.64. The minimum atomic E-state index is 0.464. The van der Waals surface area contributed by atoms with Gasteiger partial charge in [0.25, 0.3) is 0 Å². The van der Waals surface area contributed by atoms with E-state index in [2.05, 4.69) is 47.6 Å². The van der Waals surface area contributed by atoms with Crippen molar-refractivity contribution >= 4 is 11.3 Å². The number of hydrogen-bond acceptors (Lipinski definition) is 4. The van der Waals surface area contributed by atoms with E-state index >= 15 is 0 Å². The van der Waals surface area contributed by atoms with Crippen LogP contribution in [0.25, 0.3) is 0 Å². The molecule has 1 aromatic carbocycles. The summed E-state index contributed by atoms with van der Waals surface area (Å²) in [5.74, 6) is 1.39. The number of benzene rings is 1. The summed E-state index contributed by atoms with van der Waals surface area (Å²) >= 11 is 1.94. The van der Waals surface area contributed by atoms with E-state index in [1.165, 1.54) is 20.9 Å². The first-order chi connectivity index (χ1) is 10.2. The van der Waals surface area contributed by atoms with Gasteiger partial charge in [0.1, 0.15) is 5.75 Å². The molecule has 3 nitrogen and oxygen atoms in total. The Morgan fingerprint density at radius 1 is 1.33 bits per heavy atom. The molecular formula is C17H22N2OS. The van der Waals surface area contributed by atoms with E-state index in [4.69, 9.17) is 4.74 Å². The van der Waals surface area contributed by atoms with Crippen molar-refractivity contribution < 1.29 is 4.74 Å². The zero-order valence-corrected chi connectivity index (χ0v) is 13.7. The highest BCUT2D eigenvalue weighted by molar-refractivity contribution is 7.12. The summed E-state index contributed by atoms with van der Waals surface area (Å²) in [4.78, 5) is 5.35. The minimum absolute atomic E-state index is 0.464. The summed E-state index contributed by atoms with van der Waals surface area (Å²) in [6, 6.07) is 10.9. The van der Waals surface area contributed by atoms with Gasteiger partial charge >= 0.3 is 0 Å². The maximum atomic E-state index is 5.27. The number of thiophene rings is 1. The maximum Gasteiger partial charge on any atom is 0.118 e. The van der Waals surface area contributed by atoms with Crippen LogP contribution in [0.5, 0.6) is 5.75 Å². The first-order valence-electron chi connectivity index (χ1n) is 7.30. The summed E-state index contributed by atoms with van der Waals surface area (Å²) in [7, 11) is 5.92. The molecule has 2 aromatic rings. The molecule has 2 heterocycles. The van der Waals surface area contributed by atoms with Crippen LogP contribution in [0.1, 0.15) is 26.8 Å². The molecule has 1 aromatic heterocycles. The number of nitrogens with zero attached hydrogens (tertiary/aromatic N) is 1. The third-order valence-electron chi connectivity index (χ3n) is 4.05. The van der Waals surface area contributed by atoms with Crippen molar-refractivity contribution in [2.45, 2.75) is 19.0 Å². The van der Waals surface area contributed by atoms with E-state index < -0.39 is 0 Å². The second-order valence-corrected chi connectivity index (χ2v) is 6.87. The molecule has 1 aliphatic heterocycles. The third kappa shape index (κ3) is 2.98. The molecule has 0 fully saturated rings. The molecule has 0 radical (unpaired) electrons. The Labute approximate surface area is 130 Å². The predicted molar refractivity (Wildman–Crippen MR) is 88.3 cm³/mol. The van der Waals surface area contributed by atoms with Gasteiger partial charge in [-0.05, 0) is 43.4 Å². The number of nitrogens with one attached hydrogen (secondary N) is 1. The lowest BCUT2D eigenvalue weighted by atomic mass is 9.88. The van der Waals surface area contributed by atoms with Gasteiger partial charge in [0.2, 0.25) is 0 Å². The van der Waals surface area contributed by atoms with E-state index in [0.29, 0.717) is 5.92 Å². The molecule has 0 aliphatic carbocycles. The smallest absolute Gasteiger partial charge is 0.118 e. The van der Waals surface area contributed by atoms with E-state index in [-0.39, 0.29) is 0 Å². The highest BCUT2D eigenvalue weighted by atomic mass is 32.1. The van der Waals surface area contributed by atoms with Crippen molar-refractivity contribution in [3.63, 3.8) is 0 Å². The highest BCUT2D eigenvalue weighted by Gasteiger charge is 2.27. The fourth-order valence-electron chi connectivity index (χ4n) is 3.02. The van der Waals surface area contributed by atoms with Crippen LogP contribution < -0.4 is 10.1 Å². The summed E-state index contributed by atoms with van der Waals surface area (Å²) in [6.07, 6.45) is 0. The average molecular weight is 302 g/mol. The lowest BCUT2D eigenvalue weighted by molar-refractivity contribution is 0.299. The third-order valence-corrected chi connectivity index (χ3v) is 5.18. The Balaban J connectivity index is 1.95. The average Bonchev–Trinajstić information content (AvgIpc) is 2.89. The molecule has 1 aliphatic rings. The quantitative estimate of drug-likeness (QED) is 0.939. The molecule has 0 amide bonds. The SMILES string of the molecule is CNCc1cc2c(s1)CN(C)CC2c1ccc(OC)cc1. The summed E-state index contributed by atoms with van der Waals surface area (Å²) in [5, 5.41) is 3.25. The molecule has 112 valence electrons. The largest absolute Gasteiger partial charge is 0.497 e. The Kier molecular flexibility index (Phi) is 4.29. The Morgan fingerprint density at radius 2 is 2.10 bits per heavy atom. The molecule has 21 heavy (non-hydrogen) atoms. The number of methoxy groups -OCH3 is 1. The van der Waals surface area contributed by atoms with Gasteiger partial charge in [-0.2, -0.15) is 0 Å². The van der Waals surface area contributed by atoms with Gasteiger partial charge < -0.3 is 15.0 Å². The first kappa shape index (κ1) is 14.6. The predicted octanol–water partition coefficient (Wildman–Crippen LogP) is 3.05. The minimum Gasteiger partial charge on any atom is -0.497 e. The van der Waals surface area contributed by atoms with Crippen molar-refractivity contribution in [3.05, 3.63) is 51.2 Å². The van der Waals surface area contributed by atoms with Crippen LogP contribution in [0, 0.1) is 0 Å². The molecule has 1 atom stereocenters. The molecule has 3 rings (SSSR count). The summed E-state index contributed by atoms with van der Waals surface area (Å²) < 4.78 is 5.27. The Morgan fingerprint density at radius 3 is 2.76 bits per heavy atom. The number of hydrogen-bond donors (Lipinski definition) is 1. The number of fused-ring (bicyclic) bond motifs is 1. The van der Waals surface area contributed by atoms with E-state index in [0.717, 1.165) is 25.4 Å². The number of rotatable bonds is 4. The molecule has 1 N–H and O–H groups in total. The first-order valence-corrected chi connectivity index (χ1v) is 8.11. The number of likely N-dealkylation sites (N-methyl/N-ethyl adjacent to an activating group) is 1. The topological polar surface area (TPSA) is 24.5 Å². The van der Waals surface area contributed by atoms with Crippen LogP contribution in [0.2, 0.25) is 0 Å². The van der Waals surface area contributed by atoms with Crippen LogP contribution in [-0.2, 0) is 13.1 Å². The molecule has 4 heteroatoms. The number of ether oxygens (including phenoxy) is 1. The normalized spacial score (nSPS) is 18.5. The molecule has 0 saturated carbocycles. The van der Waals surface area contributed by atoms with Gasteiger partial charge in [-0.3, -0.25) is 0 Å². The fraction of sp³-hybridized carbons (Fsp3) is 0.412. The van der Waals surface area contributed by atoms with Crippen molar-refractivity contribution in [1.29, 1.82) is 0 Å². The zero-order chi connectivity index (χ0) is 14.8. The van der Waals surface area contributed by atoms with Crippen LogP contribution in [0.3, 0.4) is 0 Å². The van der Waals surface area contributed by atoms with Gasteiger partial charge in [0.15, 0.2) is 0 Å². The molecule has 0 spiro atoms. The van der Waals surface area contributed by atoms with Gasteiger partial charge in [-0.1, -0.05) is 12.1 Å². The van der Waals surface area contributed by atoms with Crippen molar-refractivity contribution in [2.75, 3.05) is 27.7 Å². The molecule has 1 unspecified atom stereocenters. The molecule has 0 bridgehead atoms. The monoisotopic (exact) mass is 302 g/mol. The van der Waals surface area contributed by atoms with Gasteiger partial charge in [0, 0.05) is 35.3 Å². The molecular weight excluding hydrogens is 280 g/mol. The second kappa shape index (κ2) is 6.18. The van der Waals surface area contributed by atoms with E-state index in [9.17, 15) is 0 Å². The molecule has 0 saturated heterocycles. The van der Waals surface area contributed by atoms with Crippen LogP contribution in [-0.4, -0.2) is 32.6 Å². The van der Waals surface area contributed by atoms with Crippen molar-refractivity contribution in [1.82, 2.24) is 10.2 Å². The van der Waals surface area contributed by atoms with Crippen LogP contribution in [0.15, 0.2) is 30.3 Å². The Bertz CT molecular complexity index is 606. The van der Waals surface area contributed by atoms with Crippen LogP contribution in [0.4, 0.5) is 0 Å². The lowest BCUT2D eigenvalue weighted by Gasteiger charge is -2.30. The maximum absolute atomic E-state index is 5.27. The van der Waals surface area contributed by atoms with E-state index in [1.54, 1.807) is 7.11 Å². The summed E-state index contributed by atoms with van der Waals surface area (Å²) in [6.45, 7) is 3.10. The standard InChI is InChI=1S/C17H22N2OS/c1-18-9-14-8-15-16(10-19(2)11-17(15)21-14)12-4-6-13(20-3)7-5-12/h4-8,16,18H,9-11H2,1-3H3. The zero-order valence-electron chi connectivity index (χ0n) is 12.8.